The van der Waals surface area contributed by atoms with E-state index in [2.05, 4.69) is 31.0 Å². The normalized spacial score (nSPS) is 22.9. The van der Waals surface area contributed by atoms with Crippen LogP contribution < -0.4 is 5.73 Å². The lowest BCUT2D eigenvalue weighted by molar-refractivity contribution is -0.112. The van der Waals surface area contributed by atoms with Crippen molar-refractivity contribution < 1.29 is 19.3 Å². The highest BCUT2D eigenvalue weighted by Crippen LogP contribution is 2.43. The number of oxime groups is 1. The van der Waals surface area contributed by atoms with Gasteiger partial charge in [-0.15, -0.1) is 0 Å². The van der Waals surface area contributed by atoms with Crippen LogP contribution in [0.5, 0.6) is 0 Å². The smallest absolute Gasteiger partial charge is 0.345 e. The Hall–Kier alpha value is -2.40. The van der Waals surface area contributed by atoms with Crippen LogP contribution in [0.25, 0.3) is 0 Å². The third-order valence-corrected chi connectivity index (χ3v) is 9.90. The third kappa shape index (κ3) is 2.90. The van der Waals surface area contributed by atoms with Gasteiger partial charge in [0.1, 0.15) is 12.1 Å². The van der Waals surface area contributed by atoms with Crippen molar-refractivity contribution in [3.63, 3.8) is 0 Å². The molecule has 1 saturated heterocycles. The molecule has 2 atom stereocenters. The summed E-state index contributed by atoms with van der Waals surface area (Å²) in [5.41, 5.74) is 6.79. The van der Waals surface area contributed by atoms with E-state index in [0.29, 0.717) is 16.3 Å². The molecule has 0 saturated carbocycles. The highest BCUT2D eigenvalue weighted by molar-refractivity contribution is 6.74. The SMILES string of the molecule is Cn1ncc2c1[C@@H](/C(=N/O[Si](C)(C)C(C)(C)C)C(N)=O)N1C[C@@H]2N(O)C1=O. The average Bonchev–Trinajstić information content (AvgIpc) is 3.04. The molecule has 0 aromatic carbocycles. The number of fused-ring (bicyclic) bond motifs is 4. The molecule has 0 unspecified atom stereocenters. The first kappa shape index (κ1) is 19.4. The van der Waals surface area contributed by atoms with Gasteiger partial charge in [0.25, 0.3) is 14.2 Å². The Morgan fingerprint density at radius 3 is 2.63 bits per heavy atom. The highest BCUT2D eigenvalue weighted by atomic mass is 28.4. The number of hydroxylamine groups is 2. The van der Waals surface area contributed by atoms with E-state index in [9.17, 15) is 14.8 Å². The van der Waals surface area contributed by atoms with Crippen LogP contribution >= 0.6 is 0 Å². The molecule has 2 aliphatic heterocycles. The summed E-state index contributed by atoms with van der Waals surface area (Å²) < 4.78 is 7.42. The van der Waals surface area contributed by atoms with Gasteiger partial charge in [-0.3, -0.25) is 14.7 Å². The number of aryl methyl sites for hydroxylation is 1. The first-order chi connectivity index (χ1) is 12.4. The van der Waals surface area contributed by atoms with E-state index in [-0.39, 0.29) is 17.3 Å². The molecular weight excluding hydrogens is 368 g/mol. The maximum absolute atomic E-state index is 12.5. The van der Waals surface area contributed by atoms with E-state index in [1.807, 2.05) is 13.1 Å². The van der Waals surface area contributed by atoms with Crippen LogP contribution in [0.2, 0.25) is 18.1 Å². The lowest BCUT2D eigenvalue weighted by Crippen LogP contribution is -2.45. The second-order valence-corrected chi connectivity index (χ2v) is 13.2. The van der Waals surface area contributed by atoms with Gasteiger partial charge in [-0.25, -0.2) is 4.79 Å². The van der Waals surface area contributed by atoms with E-state index < -0.39 is 32.3 Å². The Balaban J connectivity index is 2.08. The second-order valence-electron chi connectivity index (χ2n) is 8.50. The minimum atomic E-state index is -2.30. The van der Waals surface area contributed by atoms with Crippen molar-refractivity contribution >= 4 is 26.0 Å². The Morgan fingerprint density at radius 2 is 2.07 bits per heavy atom. The monoisotopic (exact) mass is 394 g/mol. The van der Waals surface area contributed by atoms with Crippen LogP contribution in [-0.2, 0) is 16.4 Å². The van der Waals surface area contributed by atoms with Crippen molar-refractivity contribution in [3.05, 3.63) is 17.5 Å². The van der Waals surface area contributed by atoms with Gasteiger partial charge in [0.05, 0.1) is 18.4 Å². The zero-order valence-electron chi connectivity index (χ0n) is 16.4. The van der Waals surface area contributed by atoms with Crippen molar-refractivity contribution in [3.8, 4) is 0 Å². The van der Waals surface area contributed by atoms with Crippen molar-refractivity contribution in [1.82, 2.24) is 19.7 Å². The number of urea groups is 1. The molecule has 11 heteroatoms. The van der Waals surface area contributed by atoms with Crippen LogP contribution in [0, 0.1) is 0 Å². The van der Waals surface area contributed by atoms with Crippen LogP contribution in [-0.4, -0.2) is 57.5 Å². The summed E-state index contributed by atoms with van der Waals surface area (Å²) in [5.74, 6) is -0.784. The van der Waals surface area contributed by atoms with Gasteiger partial charge in [-0.05, 0) is 18.1 Å². The van der Waals surface area contributed by atoms with Crippen molar-refractivity contribution in [1.29, 1.82) is 0 Å². The number of rotatable bonds is 4. The molecule has 2 aliphatic rings. The van der Waals surface area contributed by atoms with Gasteiger partial charge in [0.15, 0.2) is 5.71 Å². The van der Waals surface area contributed by atoms with E-state index in [4.69, 9.17) is 10.3 Å². The van der Waals surface area contributed by atoms with Gasteiger partial charge >= 0.3 is 6.03 Å². The summed E-state index contributed by atoms with van der Waals surface area (Å²) in [6.45, 7) is 10.4. The number of hydrogen-bond donors (Lipinski definition) is 2. The van der Waals surface area contributed by atoms with Crippen LogP contribution in [0.3, 0.4) is 0 Å². The predicted molar refractivity (Wildman–Crippen MR) is 99.3 cm³/mol. The molecule has 0 spiro atoms. The molecule has 3 amide bonds. The number of amides is 3. The number of carbonyl (C=O) groups excluding carboxylic acids is 2. The molecule has 1 aromatic rings. The Labute approximate surface area is 158 Å². The van der Waals surface area contributed by atoms with Crippen molar-refractivity contribution in [2.45, 2.75) is 51.0 Å². The minimum absolute atomic E-state index is 0.0771. The molecule has 3 N–H and O–H groups in total. The summed E-state index contributed by atoms with van der Waals surface area (Å²) in [6, 6.07) is -2.01. The van der Waals surface area contributed by atoms with E-state index >= 15 is 0 Å². The van der Waals surface area contributed by atoms with E-state index in [0.717, 1.165) is 0 Å². The Kier molecular flexibility index (Phi) is 4.34. The largest absolute Gasteiger partial charge is 0.454 e. The standard InChI is InChI=1S/C16H26N6O4Si/c1-16(2,3)27(5,6)26-19-11(14(17)23)13-12-9(7-18-20(12)4)10-8-21(13)15(24)22(10)25/h7,10,13,25H,8H2,1-6H3,(H2,17,23)/b19-11-/t10-,13+/m0/s1. The quantitative estimate of drug-likeness (QED) is 0.346. The molecule has 0 aliphatic carbocycles. The Morgan fingerprint density at radius 1 is 1.44 bits per heavy atom. The van der Waals surface area contributed by atoms with E-state index in [1.165, 1.54) is 4.90 Å². The number of carbonyl (C=O) groups is 2. The lowest BCUT2D eigenvalue weighted by atomic mass is 9.94. The Bertz CT molecular complexity index is 827. The summed E-state index contributed by atoms with van der Waals surface area (Å²) in [6.07, 6.45) is 1.58. The number of nitrogens with two attached hydrogens (primary N) is 1. The topological polar surface area (TPSA) is 126 Å². The molecular formula is C16H26N6O4Si. The number of hydrogen-bond acceptors (Lipinski definition) is 6. The van der Waals surface area contributed by atoms with Gasteiger partial charge in [0, 0.05) is 12.6 Å². The van der Waals surface area contributed by atoms with Gasteiger partial charge in [-0.2, -0.15) is 10.2 Å². The van der Waals surface area contributed by atoms with Crippen LogP contribution in [0.1, 0.15) is 44.1 Å². The molecule has 1 aromatic heterocycles. The summed E-state index contributed by atoms with van der Waals surface area (Å²) >= 11 is 0. The number of aromatic nitrogens is 2. The fourth-order valence-corrected chi connectivity index (χ4v) is 3.66. The summed E-state index contributed by atoms with van der Waals surface area (Å²) in [7, 11) is -0.594. The molecule has 2 bridgehead atoms. The van der Waals surface area contributed by atoms with Gasteiger partial charge in [-0.1, -0.05) is 25.9 Å². The molecule has 3 heterocycles. The van der Waals surface area contributed by atoms with Crippen molar-refractivity contribution in [2.75, 3.05) is 6.54 Å². The first-order valence-electron chi connectivity index (χ1n) is 8.73. The molecule has 0 radical (unpaired) electrons. The van der Waals surface area contributed by atoms with Gasteiger partial charge < -0.3 is 15.2 Å². The van der Waals surface area contributed by atoms with Crippen LogP contribution in [0.15, 0.2) is 11.4 Å². The molecule has 10 nitrogen and oxygen atoms in total. The van der Waals surface area contributed by atoms with E-state index in [1.54, 1.807) is 17.9 Å². The van der Waals surface area contributed by atoms with Crippen LogP contribution in [0.4, 0.5) is 4.79 Å². The lowest BCUT2D eigenvalue weighted by Gasteiger charge is -2.35. The summed E-state index contributed by atoms with van der Waals surface area (Å²) in [4.78, 5) is 26.1. The third-order valence-electron chi connectivity index (χ3n) is 5.74. The van der Waals surface area contributed by atoms with Crippen molar-refractivity contribution in [2.24, 2.45) is 17.9 Å². The maximum atomic E-state index is 12.5. The average molecular weight is 395 g/mol. The predicted octanol–water partition coefficient (Wildman–Crippen LogP) is 1.51. The molecule has 3 rings (SSSR count). The minimum Gasteiger partial charge on any atom is -0.454 e. The fourth-order valence-electron chi connectivity index (χ4n) is 3.06. The summed E-state index contributed by atoms with van der Waals surface area (Å²) in [5, 5.41) is 19.1. The number of primary amides is 1. The zero-order chi connectivity index (χ0) is 20.3. The highest BCUT2D eigenvalue weighted by Gasteiger charge is 2.52. The maximum Gasteiger partial charge on any atom is 0.345 e. The molecule has 1 fully saturated rings. The molecule has 27 heavy (non-hydrogen) atoms. The van der Waals surface area contributed by atoms with Gasteiger partial charge in [0.2, 0.25) is 0 Å². The number of nitrogens with zero attached hydrogens (tertiary/aromatic N) is 5. The second kappa shape index (κ2) is 6.06. The fraction of sp³-hybridized carbons (Fsp3) is 0.625. The zero-order valence-corrected chi connectivity index (χ0v) is 17.4. The molecule has 148 valence electrons. The first-order valence-corrected chi connectivity index (χ1v) is 11.6.